The van der Waals surface area contributed by atoms with Crippen molar-refractivity contribution in [2.75, 3.05) is 19.9 Å². The highest BCUT2D eigenvalue weighted by Gasteiger charge is 2.28. The van der Waals surface area contributed by atoms with Gasteiger partial charge in [0.05, 0.1) is 6.54 Å². The van der Waals surface area contributed by atoms with Gasteiger partial charge >= 0.3 is 6.09 Å². The summed E-state index contributed by atoms with van der Waals surface area (Å²) in [5.41, 5.74) is 5.59. The minimum Gasteiger partial charge on any atom is -0.454 e. The van der Waals surface area contributed by atoms with Crippen LogP contribution in [0.2, 0.25) is 0 Å². The smallest absolute Gasteiger partial charge is 0.407 e. The third-order valence-electron chi connectivity index (χ3n) is 5.27. The lowest BCUT2D eigenvalue weighted by Gasteiger charge is -2.14. The average Bonchev–Trinajstić information content (AvgIpc) is 3.37. The molecule has 0 fully saturated rings. The summed E-state index contributed by atoms with van der Waals surface area (Å²) in [5, 5.41) is 2.69. The highest BCUT2D eigenvalue weighted by molar-refractivity contribution is 5.79. The van der Waals surface area contributed by atoms with Crippen molar-refractivity contribution in [2.45, 2.75) is 5.92 Å². The fraction of sp³-hybridized carbons (Fsp3) is 0.160. The quantitative estimate of drug-likeness (QED) is 0.670. The topological polar surface area (TPSA) is 56.8 Å². The number of alkyl carbamates (subject to hydrolysis) is 1. The average molecular weight is 397 g/mol. The van der Waals surface area contributed by atoms with Crippen molar-refractivity contribution in [1.82, 2.24) is 5.32 Å². The van der Waals surface area contributed by atoms with E-state index in [9.17, 15) is 4.79 Å². The Kier molecular flexibility index (Phi) is 4.74. The van der Waals surface area contributed by atoms with E-state index in [-0.39, 0.29) is 25.9 Å². The van der Waals surface area contributed by atoms with Crippen LogP contribution in [0.25, 0.3) is 11.1 Å². The van der Waals surface area contributed by atoms with E-state index < -0.39 is 6.09 Å². The molecular weight excluding hydrogens is 378 g/mol. The second-order valence-corrected chi connectivity index (χ2v) is 7.05. The first-order valence-corrected chi connectivity index (χ1v) is 9.77. The molecule has 5 rings (SSSR count). The largest absolute Gasteiger partial charge is 0.454 e. The Labute approximate surface area is 174 Å². The predicted molar refractivity (Wildman–Crippen MR) is 113 cm³/mol. The number of fused-ring (bicyclic) bond motifs is 4. The van der Waals surface area contributed by atoms with Crippen molar-refractivity contribution in [3.63, 3.8) is 0 Å². The number of nitrogens with one attached hydrogen (secondary N) is 1. The Hall–Kier alpha value is -3.91. The maximum atomic E-state index is 12.2. The maximum Gasteiger partial charge on any atom is 0.407 e. The highest BCUT2D eigenvalue weighted by Crippen LogP contribution is 2.44. The molecule has 1 amide bonds. The van der Waals surface area contributed by atoms with Crippen LogP contribution in [0.1, 0.15) is 22.6 Å². The van der Waals surface area contributed by atoms with Crippen molar-refractivity contribution in [2.24, 2.45) is 0 Å². The van der Waals surface area contributed by atoms with Gasteiger partial charge in [0, 0.05) is 11.5 Å². The van der Waals surface area contributed by atoms with Crippen LogP contribution in [0.5, 0.6) is 11.5 Å². The van der Waals surface area contributed by atoms with E-state index in [1.165, 1.54) is 22.3 Å². The maximum absolute atomic E-state index is 12.2. The van der Waals surface area contributed by atoms with Gasteiger partial charge in [-0.1, -0.05) is 60.4 Å². The summed E-state index contributed by atoms with van der Waals surface area (Å²) in [5.74, 6) is 7.37. The fourth-order valence-corrected chi connectivity index (χ4v) is 3.89. The molecule has 0 saturated carbocycles. The van der Waals surface area contributed by atoms with E-state index in [2.05, 4.69) is 41.4 Å². The monoisotopic (exact) mass is 397 g/mol. The molecule has 0 atom stereocenters. The van der Waals surface area contributed by atoms with Crippen LogP contribution in [-0.4, -0.2) is 26.0 Å². The number of rotatable bonds is 3. The van der Waals surface area contributed by atoms with E-state index in [4.69, 9.17) is 14.2 Å². The van der Waals surface area contributed by atoms with Gasteiger partial charge in [0.25, 0.3) is 0 Å². The standard InChI is InChI=1S/C25H19NO4/c27-25(26-13-5-6-17-11-12-23-24(14-17)30-16-29-23)28-15-22-20-9-3-1-7-18(20)19-8-2-4-10-21(19)22/h1-4,7-12,14,22H,13,15-16H2,(H,26,27). The van der Waals surface area contributed by atoms with Gasteiger partial charge in [0.15, 0.2) is 11.5 Å². The van der Waals surface area contributed by atoms with E-state index in [0.29, 0.717) is 5.75 Å². The SMILES string of the molecule is O=C(NCC#Cc1ccc2c(c1)OCO2)OCC1c2ccccc2-c2ccccc21. The number of benzene rings is 3. The minimum absolute atomic E-state index is 0.0443. The molecule has 30 heavy (non-hydrogen) atoms. The summed E-state index contributed by atoms with van der Waals surface area (Å²) in [6.45, 7) is 0.718. The first kappa shape index (κ1) is 18.1. The molecule has 0 aromatic heterocycles. The Morgan fingerprint density at radius 3 is 2.43 bits per heavy atom. The molecule has 1 aliphatic carbocycles. The molecule has 1 heterocycles. The van der Waals surface area contributed by atoms with Gasteiger partial charge in [-0.3, -0.25) is 0 Å². The zero-order chi connectivity index (χ0) is 20.3. The van der Waals surface area contributed by atoms with E-state index >= 15 is 0 Å². The van der Waals surface area contributed by atoms with E-state index in [1.807, 2.05) is 42.5 Å². The van der Waals surface area contributed by atoms with Gasteiger partial charge in [-0.15, -0.1) is 0 Å². The summed E-state index contributed by atoms with van der Waals surface area (Å²) in [7, 11) is 0. The fourth-order valence-electron chi connectivity index (χ4n) is 3.89. The summed E-state index contributed by atoms with van der Waals surface area (Å²) in [6.07, 6.45) is -0.475. The van der Waals surface area contributed by atoms with Crippen LogP contribution in [0.15, 0.2) is 66.7 Å². The van der Waals surface area contributed by atoms with E-state index in [1.54, 1.807) is 0 Å². The van der Waals surface area contributed by atoms with Gasteiger partial charge in [-0.05, 0) is 40.5 Å². The molecule has 3 aromatic rings. The summed E-state index contributed by atoms with van der Waals surface area (Å²) < 4.78 is 16.1. The Morgan fingerprint density at radius 1 is 0.967 bits per heavy atom. The van der Waals surface area contributed by atoms with Gasteiger partial charge < -0.3 is 19.5 Å². The molecule has 5 nitrogen and oxygen atoms in total. The van der Waals surface area contributed by atoms with E-state index in [0.717, 1.165) is 11.3 Å². The molecule has 2 aliphatic rings. The van der Waals surface area contributed by atoms with Crippen LogP contribution >= 0.6 is 0 Å². The predicted octanol–water partition coefficient (Wildman–Crippen LogP) is 4.31. The molecule has 148 valence electrons. The second kappa shape index (κ2) is 7.84. The summed E-state index contributed by atoms with van der Waals surface area (Å²) in [4.78, 5) is 12.2. The molecular formula is C25H19NO4. The van der Waals surface area contributed by atoms with Crippen LogP contribution in [-0.2, 0) is 4.74 Å². The molecule has 1 aliphatic heterocycles. The number of amides is 1. The summed E-state index contributed by atoms with van der Waals surface area (Å²) in [6, 6.07) is 22.0. The molecule has 0 unspecified atom stereocenters. The lowest BCUT2D eigenvalue weighted by Crippen LogP contribution is -2.26. The number of carbonyl (C=O) groups is 1. The molecule has 0 saturated heterocycles. The van der Waals surface area contributed by atoms with Gasteiger partial charge in [0.1, 0.15) is 6.61 Å². The second-order valence-electron chi connectivity index (χ2n) is 7.05. The van der Waals surface area contributed by atoms with Crippen molar-refractivity contribution >= 4 is 6.09 Å². The van der Waals surface area contributed by atoms with Crippen LogP contribution in [0.4, 0.5) is 4.79 Å². The van der Waals surface area contributed by atoms with Gasteiger partial charge in [0.2, 0.25) is 6.79 Å². The molecule has 0 bridgehead atoms. The normalized spacial score (nSPS) is 13.1. The zero-order valence-electron chi connectivity index (χ0n) is 16.2. The van der Waals surface area contributed by atoms with Gasteiger partial charge in [-0.25, -0.2) is 4.79 Å². The van der Waals surface area contributed by atoms with Gasteiger partial charge in [-0.2, -0.15) is 0 Å². The van der Waals surface area contributed by atoms with Crippen molar-refractivity contribution in [3.05, 3.63) is 83.4 Å². The number of ether oxygens (including phenoxy) is 3. The van der Waals surface area contributed by atoms with Crippen molar-refractivity contribution < 1.29 is 19.0 Å². The van der Waals surface area contributed by atoms with Crippen LogP contribution < -0.4 is 14.8 Å². The minimum atomic E-state index is -0.475. The summed E-state index contributed by atoms with van der Waals surface area (Å²) >= 11 is 0. The molecule has 5 heteroatoms. The van der Waals surface area contributed by atoms with Crippen molar-refractivity contribution in [1.29, 1.82) is 0 Å². The Morgan fingerprint density at radius 2 is 1.67 bits per heavy atom. The molecule has 0 radical (unpaired) electrons. The molecule has 3 aromatic carbocycles. The number of hydrogen-bond donors (Lipinski definition) is 1. The van der Waals surface area contributed by atoms with Crippen LogP contribution in [0.3, 0.4) is 0 Å². The number of carbonyl (C=O) groups excluding carboxylic acids is 1. The zero-order valence-corrected chi connectivity index (χ0v) is 16.2. The lowest BCUT2D eigenvalue weighted by atomic mass is 9.98. The Balaban J connectivity index is 1.18. The van der Waals surface area contributed by atoms with Crippen molar-refractivity contribution in [3.8, 4) is 34.5 Å². The van der Waals surface area contributed by atoms with Crippen LogP contribution in [0, 0.1) is 11.8 Å². The third kappa shape index (κ3) is 3.44. The first-order chi connectivity index (χ1) is 14.8. The highest BCUT2D eigenvalue weighted by atomic mass is 16.7. The first-order valence-electron chi connectivity index (χ1n) is 9.77. The number of hydrogen-bond acceptors (Lipinski definition) is 4. The molecule has 1 N–H and O–H groups in total. The third-order valence-corrected chi connectivity index (χ3v) is 5.27. The molecule has 0 spiro atoms. The Bertz CT molecular complexity index is 1130. The lowest BCUT2D eigenvalue weighted by molar-refractivity contribution is 0.144.